The molecular weight excluding hydrogens is 503 g/mol. The number of hydrogen-bond acceptors (Lipinski definition) is 1. The highest BCUT2D eigenvalue weighted by Gasteiger charge is 2.34. The van der Waals surface area contributed by atoms with E-state index in [2.05, 4.69) is 102 Å². The van der Waals surface area contributed by atoms with Crippen LogP contribution in [0.4, 0.5) is 0 Å². The average molecular weight is 527 g/mol. The number of benzene rings is 6. The molecule has 0 radical (unpaired) electrons. The lowest BCUT2D eigenvalue weighted by Gasteiger charge is -2.31. The van der Waals surface area contributed by atoms with Gasteiger partial charge in [0.1, 0.15) is 0 Å². The van der Waals surface area contributed by atoms with Gasteiger partial charge in [-0.05, 0) is 72.3 Å². The quantitative estimate of drug-likeness (QED) is 0.129. The van der Waals surface area contributed by atoms with Crippen molar-refractivity contribution in [3.05, 3.63) is 162 Å². The molecule has 186 valence electrons. The molecule has 1 heterocycles. The van der Waals surface area contributed by atoms with Crippen molar-refractivity contribution in [2.75, 3.05) is 0 Å². The maximum Gasteiger partial charge on any atom is 0.196 e. The lowest BCUT2D eigenvalue weighted by Crippen LogP contribution is -2.23. The standard InChI is InChI=1S/C37H23N2P/c1-39-37-24-27(22-30(25-38)40(37,28-12-4-2-5-13-28)29-14-6-3-7-15-29)26-20-21-35-33-18-9-8-16-31(33)32-17-10-11-19-34(32)36(35)23-26/h2-24H. The minimum Gasteiger partial charge on any atom is -0.237 e. The van der Waals surface area contributed by atoms with E-state index in [1.54, 1.807) is 0 Å². The fraction of sp³-hybridized carbons (Fsp3) is 0. The maximum absolute atomic E-state index is 10.6. The summed E-state index contributed by atoms with van der Waals surface area (Å²) in [5.41, 5.74) is 2.52. The lowest BCUT2D eigenvalue weighted by atomic mass is 9.92. The molecule has 0 saturated heterocycles. The maximum atomic E-state index is 10.6. The molecule has 2 nitrogen and oxygen atoms in total. The van der Waals surface area contributed by atoms with Gasteiger partial charge in [0.05, 0.1) is 17.9 Å². The number of allylic oxidation sites excluding steroid dienone is 3. The largest absolute Gasteiger partial charge is 0.237 e. The normalized spacial score (nSPS) is 14.4. The zero-order chi connectivity index (χ0) is 27.1. The van der Waals surface area contributed by atoms with Crippen LogP contribution in [0.25, 0.3) is 42.7 Å². The Kier molecular flexibility index (Phi) is 5.72. The number of fused-ring (bicyclic) bond motifs is 6. The summed E-state index contributed by atoms with van der Waals surface area (Å²) in [5.74, 6) is 0. The van der Waals surface area contributed by atoms with Crippen LogP contribution in [0.2, 0.25) is 0 Å². The van der Waals surface area contributed by atoms with Gasteiger partial charge >= 0.3 is 0 Å². The summed E-state index contributed by atoms with van der Waals surface area (Å²) in [5, 5.41) is 20.6. The summed E-state index contributed by atoms with van der Waals surface area (Å²) in [7, 11) is 0. The van der Waals surface area contributed by atoms with Crippen LogP contribution in [0.3, 0.4) is 0 Å². The topological polar surface area (TPSA) is 28.1 Å². The summed E-state index contributed by atoms with van der Waals surface area (Å²) in [4.78, 5) is 4.13. The Bertz CT molecular complexity index is 2090. The second-order valence-corrected chi connectivity index (χ2v) is 13.2. The third kappa shape index (κ3) is 3.48. The molecule has 0 atom stereocenters. The molecule has 0 spiro atoms. The first-order chi connectivity index (χ1) is 19.8. The number of nitrogens with zero attached hydrogens (tertiary/aromatic N) is 2. The van der Waals surface area contributed by atoms with Crippen molar-refractivity contribution in [1.82, 2.24) is 0 Å². The summed E-state index contributed by atoms with van der Waals surface area (Å²) in [6.45, 7) is 5.73. The zero-order valence-corrected chi connectivity index (χ0v) is 22.5. The molecule has 40 heavy (non-hydrogen) atoms. The fourth-order valence-corrected chi connectivity index (χ4v) is 9.94. The van der Waals surface area contributed by atoms with E-state index in [1.165, 1.54) is 32.3 Å². The van der Waals surface area contributed by atoms with Crippen molar-refractivity contribution in [2.24, 2.45) is 0 Å². The second kappa shape index (κ2) is 9.55. The molecule has 0 N–H and O–H groups in total. The highest BCUT2D eigenvalue weighted by atomic mass is 31.2. The second-order valence-electron chi connectivity index (χ2n) is 9.90. The van der Waals surface area contributed by atoms with E-state index in [1.807, 2.05) is 48.6 Å². The van der Waals surface area contributed by atoms with Crippen LogP contribution >= 0.6 is 6.89 Å². The van der Waals surface area contributed by atoms with E-state index in [9.17, 15) is 5.26 Å². The molecule has 0 fully saturated rings. The molecule has 0 unspecified atom stereocenters. The van der Waals surface area contributed by atoms with Crippen molar-refractivity contribution in [1.29, 1.82) is 5.26 Å². The molecule has 7 rings (SSSR count). The van der Waals surface area contributed by atoms with Crippen LogP contribution in [-0.4, -0.2) is 5.29 Å². The van der Waals surface area contributed by atoms with Crippen molar-refractivity contribution in [3.8, 4) is 6.07 Å². The Hall–Kier alpha value is -5.14. The summed E-state index contributed by atoms with van der Waals surface area (Å²) in [6, 6.07) is 46.3. The first kappa shape index (κ1) is 23.9. The van der Waals surface area contributed by atoms with Crippen LogP contribution in [0.5, 0.6) is 0 Å². The van der Waals surface area contributed by atoms with Gasteiger partial charge in [-0.15, -0.1) is 0 Å². The third-order valence-corrected chi connectivity index (χ3v) is 11.9. The van der Waals surface area contributed by atoms with E-state index in [-0.39, 0.29) is 0 Å². The molecule has 0 saturated carbocycles. The molecule has 6 aromatic carbocycles. The minimum absolute atomic E-state index is 0.627. The number of nitriles is 1. The lowest BCUT2D eigenvalue weighted by molar-refractivity contribution is 1.55. The van der Waals surface area contributed by atoms with E-state index < -0.39 is 6.89 Å². The molecule has 6 aromatic rings. The van der Waals surface area contributed by atoms with Gasteiger partial charge in [-0.25, -0.2) is 4.85 Å². The predicted octanol–water partition coefficient (Wildman–Crippen LogP) is 8.67. The Morgan fingerprint density at radius 1 is 0.550 bits per heavy atom. The van der Waals surface area contributed by atoms with Crippen molar-refractivity contribution >= 4 is 60.7 Å². The summed E-state index contributed by atoms with van der Waals surface area (Å²) in [6.07, 6.45) is 4.04. The predicted molar refractivity (Wildman–Crippen MR) is 171 cm³/mol. The molecule has 3 heteroatoms. The Morgan fingerprint density at radius 3 is 1.52 bits per heavy atom. The monoisotopic (exact) mass is 526 g/mol. The molecule has 0 bridgehead atoms. The van der Waals surface area contributed by atoms with Gasteiger partial charge in [-0.1, -0.05) is 121 Å². The van der Waals surface area contributed by atoms with Crippen LogP contribution in [0.15, 0.2) is 145 Å². The van der Waals surface area contributed by atoms with Gasteiger partial charge < -0.3 is 0 Å². The summed E-state index contributed by atoms with van der Waals surface area (Å²) >= 11 is 0. The Morgan fingerprint density at radius 2 is 1.02 bits per heavy atom. The summed E-state index contributed by atoms with van der Waals surface area (Å²) < 4.78 is 0. The van der Waals surface area contributed by atoms with Crippen molar-refractivity contribution in [3.63, 3.8) is 0 Å². The SMILES string of the molecule is [C-]#[N+]C1=CC(c2ccc3c4ccccc4c4ccccc4c3c2)=CC(C#N)=P1(c1ccccc1)c1ccccc1. The van der Waals surface area contributed by atoms with Gasteiger partial charge in [0.15, 0.2) is 5.44 Å². The Balaban J connectivity index is 1.55. The highest BCUT2D eigenvalue weighted by molar-refractivity contribution is 7.93. The molecule has 1 aliphatic rings. The number of hydrogen-bond donors (Lipinski definition) is 0. The fourth-order valence-electron chi connectivity index (χ4n) is 6.11. The first-order valence-electron chi connectivity index (χ1n) is 13.2. The highest BCUT2D eigenvalue weighted by Crippen LogP contribution is 2.58. The van der Waals surface area contributed by atoms with Gasteiger partial charge in [0.2, 0.25) is 0 Å². The average Bonchev–Trinajstić information content (AvgIpc) is 3.04. The zero-order valence-electron chi connectivity index (χ0n) is 21.6. The van der Waals surface area contributed by atoms with E-state index >= 15 is 0 Å². The van der Waals surface area contributed by atoms with Crippen LogP contribution in [0.1, 0.15) is 5.56 Å². The van der Waals surface area contributed by atoms with Gasteiger partial charge in [-0.3, -0.25) is 0 Å². The van der Waals surface area contributed by atoms with Gasteiger partial charge in [-0.2, -0.15) is 5.26 Å². The van der Waals surface area contributed by atoms with Crippen LogP contribution in [-0.2, 0) is 0 Å². The van der Waals surface area contributed by atoms with Gasteiger partial charge in [0.25, 0.3) is 0 Å². The van der Waals surface area contributed by atoms with E-state index in [0.717, 1.165) is 21.7 Å². The molecular formula is C37H23N2P. The molecule has 0 aliphatic carbocycles. The first-order valence-corrected chi connectivity index (χ1v) is 15.0. The Labute approximate surface area is 233 Å². The van der Waals surface area contributed by atoms with Crippen LogP contribution < -0.4 is 10.6 Å². The minimum atomic E-state index is -2.61. The smallest absolute Gasteiger partial charge is 0.196 e. The third-order valence-electron chi connectivity index (χ3n) is 7.88. The van der Waals surface area contributed by atoms with Crippen molar-refractivity contribution in [2.45, 2.75) is 0 Å². The molecule has 0 amide bonds. The van der Waals surface area contributed by atoms with E-state index in [0.29, 0.717) is 10.7 Å². The molecule has 0 aromatic heterocycles. The van der Waals surface area contributed by atoms with Crippen molar-refractivity contribution < 1.29 is 0 Å². The van der Waals surface area contributed by atoms with Crippen LogP contribution in [0, 0.1) is 17.9 Å². The van der Waals surface area contributed by atoms with E-state index in [4.69, 9.17) is 6.57 Å². The molecule has 1 aliphatic heterocycles. The van der Waals surface area contributed by atoms with Gasteiger partial charge in [0, 0.05) is 6.89 Å². The number of rotatable bonds is 3.